The molecular formula is C16H11N5O. The lowest BCUT2D eigenvalue weighted by atomic mass is 10.2. The van der Waals surface area contributed by atoms with Gasteiger partial charge in [0.05, 0.1) is 23.5 Å². The van der Waals surface area contributed by atoms with Crippen LogP contribution in [0.1, 0.15) is 16.1 Å². The number of benzene rings is 2. The number of para-hydroxylation sites is 1. The van der Waals surface area contributed by atoms with Crippen LogP contribution in [-0.2, 0) is 0 Å². The van der Waals surface area contributed by atoms with Gasteiger partial charge >= 0.3 is 0 Å². The molecule has 1 aromatic heterocycles. The number of nitrogens with one attached hydrogen (secondary N) is 1. The fraction of sp³-hybridized carbons (Fsp3) is 0. The first-order valence-electron chi connectivity index (χ1n) is 6.55. The Kier molecular flexibility index (Phi) is 3.62. The predicted molar refractivity (Wildman–Crippen MR) is 80.5 cm³/mol. The Hall–Kier alpha value is -3.46. The van der Waals surface area contributed by atoms with Crippen LogP contribution in [0.4, 0.5) is 5.69 Å². The Morgan fingerprint density at radius 3 is 2.50 bits per heavy atom. The van der Waals surface area contributed by atoms with Crippen molar-refractivity contribution in [1.82, 2.24) is 15.0 Å². The summed E-state index contributed by atoms with van der Waals surface area (Å²) in [5.41, 5.74) is 2.17. The van der Waals surface area contributed by atoms with Gasteiger partial charge in [-0.3, -0.25) is 4.79 Å². The molecule has 0 fully saturated rings. The van der Waals surface area contributed by atoms with E-state index in [0.29, 0.717) is 11.3 Å². The Labute approximate surface area is 126 Å². The van der Waals surface area contributed by atoms with Gasteiger partial charge in [-0.15, -0.1) is 5.10 Å². The van der Waals surface area contributed by atoms with E-state index in [1.165, 1.54) is 4.68 Å². The lowest BCUT2D eigenvalue weighted by molar-refractivity contribution is 0.102. The van der Waals surface area contributed by atoms with E-state index in [1.54, 1.807) is 30.5 Å². The molecule has 0 aliphatic heterocycles. The summed E-state index contributed by atoms with van der Waals surface area (Å²) in [6, 6.07) is 18.0. The summed E-state index contributed by atoms with van der Waals surface area (Å²) in [5.74, 6) is -0.355. The highest BCUT2D eigenvalue weighted by Crippen LogP contribution is 2.11. The van der Waals surface area contributed by atoms with Gasteiger partial charge in [-0.05, 0) is 36.4 Å². The van der Waals surface area contributed by atoms with Crippen LogP contribution in [0.25, 0.3) is 5.69 Å². The highest BCUT2D eigenvalue weighted by Gasteiger charge is 2.11. The summed E-state index contributed by atoms with van der Waals surface area (Å²) in [7, 11) is 0. The fourth-order valence-electron chi connectivity index (χ4n) is 1.90. The molecule has 3 aromatic rings. The van der Waals surface area contributed by atoms with Crippen LogP contribution >= 0.6 is 0 Å². The number of carbonyl (C=O) groups is 1. The van der Waals surface area contributed by atoms with E-state index in [9.17, 15) is 4.79 Å². The molecule has 0 aliphatic rings. The third kappa shape index (κ3) is 2.83. The monoisotopic (exact) mass is 289 g/mol. The maximum atomic E-state index is 12.1. The van der Waals surface area contributed by atoms with Gasteiger partial charge in [-0.1, -0.05) is 23.4 Å². The van der Waals surface area contributed by atoms with Gasteiger partial charge in [0, 0.05) is 5.69 Å². The molecule has 3 rings (SSSR count). The number of aromatic nitrogens is 3. The highest BCUT2D eigenvalue weighted by molar-refractivity contribution is 6.02. The molecule has 0 bridgehead atoms. The van der Waals surface area contributed by atoms with Crippen LogP contribution in [0.15, 0.2) is 60.8 Å². The maximum Gasteiger partial charge on any atom is 0.277 e. The molecule has 0 unspecified atom stereocenters. The first-order chi connectivity index (χ1) is 10.8. The number of nitrogens with zero attached hydrogens (tertiary/aromatic N) is 4. The van der Waals surface area contributed by atoms with Crippen LogP contribution in [0.2, 0.25) is 0 Å². The van der Waals surface area contributed by atoms with Crippen LogP contribution in [0, 0.1) is 11.3 Å². The van der Waals surface area contributed by atoms with E-state index >= 15 is 0 Å². The summed E-state index contributed by atoms with van der Waals surface area (Å²) >= 11 is 0. The Bertz CT molecular complexity index is 831. The molecule has 0 radical (unpaired) electrons. The first-order valence-corrected chi connectivity index (χ1v) is 6.55. The minimum atomic E-state index is -0.355. The van der Waals surface area contributed by atoms with Crippen molar-refractivity contribution < 1.29 is 4.79 Å². The lowest BCUT2D eigenvalue weighted by Gasteiger charge is -2.02. The summed E-state index contributed by atoms with van der Waals surface area (Å²) in [5, 5.41) is 19.3. The predicted octanol–water partition coefficient (Wildman–Crippen LogP) is 2.39. The number of carbonyl (C=O) groups excluding carboxylic acids is 1. The Morgan fingerprint density at radius 1 is 1.09 bits per heavy atom. The number of hydrogen-bond donors (Lipinski definition) is 1. The molecule has 0 spiro atoms. The number of nitriles is 1. The average Bonchev–Trinajstić information content (AvgIpc) is 3.06. The van der Waals surface area contributed by atoms with E-state index in [1.807, 2.05) is 36.4 Å². The van der Waals surface area contributed by atoms with Gasteiger partial charge in [-0.2, -0.15) is 5.26 Å². The van der Waals surface area contributed by atoms with Crippen LogP contribution < -0.4 is 5.32 Å². The molecule has 6 nitrogen and oxygen atoms in total. The molecule has 6 heteroatoms. The number of anilines is 1. The summed E-state index contributed by atoms with van der Waals surface area (Å²) in [4.78, 5) is 12.1. The van der Waals surface area contributed by atoms with E-state index in [4.69, 9.17) is 5.26 Å². The minimum Gasteiger partial charge on any atom is -0.321 e. The second-order valence-electron chi connectivity index (χ2n) is 4.53. The van der Waals surface area contributed by atoms with Crippen molar-refractivity contribution in [1.29, 1.82) is 5.26 Å². The Balaban J connectivity index is 1.75. The van der Waals surface area contributed by atoms with Crippen LogP contribution in [0.5, 0.6) is 0 Å². The molecular weight excluding hydrogens is 278 g/mol. The largest absolute Gasteiger partial charge is 0.321 e. The van der Waals surface area contributed by atoms with Crippen molar-refractivity contribution in [2.75, 3.05) is 5.32 Å². The average molecular weight is 289 g/mol. The van der Waals surface area contributed by atoms with Gasteiger partial charge in [0.1, 0.15) is 0 Å². The first kappa shape index (κ1) is 13.5. The fourth-order valence-corrected chi connectivity index (χ4v) is 1.90. The molecule has 1 N–H and O–H groups in total. The zero-order valence-electron chi connectivity index (χ0n) is 11.5. The molecule has 0 atom stereocenters. The summed E-state index contributed by atoms with van der Waals surface area (Å²) < 4.78 is 1.54. The van der Waals surface area contributed by atoms with Crippen molar-refractivity contribution in [3.8, 4) is 11.8 Å². The Morgan fingerprint density at radius 2 is 1.82 bits per heavy atom. The normalized spacial score (nSPS) is 9.95. The molecule has 2 aromatic carbocycles. The smallest absolute Gasteiger partial charge is 0.277 e. The molecule has 106 valence electrons. The second-order valence-corrected chi connectivity index (χ2v) is 4.53. The quantitative estimate of drug-likeness (QED) is 0.802. The minimum absolute atomic E-state index is 0.216. The summed E-state index contributed by atoms with van der Waals surface area (Å²) in [6.45, 7) is 0. The van der Waals surface area contributed by atoms with Gasteiger partial charge in [0.25, 0.3) is 5.91 Å². The SMILES string of the molecule is N#Cc1ccc(NC(=O)c2cn(-c3ccccc3)nn2)cc1. The summed E-state index contributed by atoms with van der Waals surface area (Å²) in [6.07, 6.45) is 1.56. The van der Waals surface area contributed by atoms with Gasteiger partial charge in [0.15, 0.2) is 5.69 Å². The second kappa shape index (κ2) is 5.89. The topological polar surface area (TPSA) is 83.6 Å². The zero-order chi connectivity index (χ0) is 15.4. The van der Waals surface area contributed by atoms with Crippen molar-refractivity contribution >= 4 is 11.6 Å². The van der Waals surface area contributed by atoms with Crippen molar-refractivity contribution in [3.63, 3.8) is 0 Å². The third-order valence-electron chi connectivity index (χ3n) is 3.02. The van der Waals surface area contributed by atoms with Crippen molar-refractivity contribution in [2.24, 2.45) is 0 Å². The van der Waals surface area contributed by atoms with Crippen molar-refractivity contribution in [2.45, 2.75) is 0 Å². The molecule has 22 heavy (non-hydrogen) atoms. The zero-order valence-corrected chi connectivity index (χ0v) is 11.5. The molecule has 1 amide bonds. The van der Waals surface area contributed by atoms with Crippen molar-refractivity contribution in [3.05, 3.63) is 72.1 Å². The third-order valence-corrected chi connectivity index (χ3v) is 3.02. The molecule has 0 saturated carbocycles. The lowest BCUT2D eigenvalue weighted by Crippen LogP contribution is -2.12. The van der Waals surface area contributed by atoms with E-state index < -0.39 is 0 Å². The van der Waals surface area contributed by atoms with E-state index in [-0.39, 0.29) is 11.6 Å². The van der Waals surface area contributed by atoms with Gasteiger partial charge < -0.3 is 5.32 Å². The van der Waals surface area contributed by atoms with Crippen LogP contribution in [-0.4, -0.2) is 20.9 Å². The standard InChI is InChI=1S/C16H11N5O/c17-10-12-6-8-13(9-7-12)18-16(22)15-11-21(20-19-15)14-4-2-1-3-5-14/h1-9,11H,(H,18,22). The molecule has 0 saturated heterocycles. The van der Waals surface area contributed by atoms with Gasteiger partial charge in [0.2, 0.25) is 0 Å². The van der Waals surface area contributed by atoms with E-state index in [0.717, 1.165) is 5.69 Å². The number of hydrogen-bond acceptors (Lipinski definition) is 4. The maximum absolute atomic E-state index is 12.1. The molecule has 1 heterocycles. The number of rotatable bonds is 3. The van der Waals surface area contributed by atoms with E-state index in [2.05, 4.69) is 15.6 Å². The van der Waals surface area contributed by atoms with Gasteiger partial charge in [-0.25, -0.2) is 4.68 Å². The molecule has 0 aliphatic carbocycles. The van der Waals surface area contributed by atoms with Crippen LogP contribution in [0.3, 0.4) is 0 Å². The highest BCUT2D eigenvalue weighted by atomic mass is 16.2. The number of amides is 1.